The molecule has 0 saturated carbocycles. The maximum atomic E-state index is 15.3. The van der Waals surface area contributed by atoms with Crippen molar-refractivity contribution in [1.29, 1.82) is 0 Å². The zero-order valence-corrected chi connectivity index (χ0v) is 24.6. The molecule has 0 aliphatic rings. The lowest BCUT2D eigenvalue weighted by Gasteiger charge is -2.24. The summed E-state index contributed by atoms with van der Waals surface area (Å²) in [6.07, 6.45) is 1.94. The summed E-state index contributed by atoms with van der Waals surface area (Å²) < 4.78 is 21.2. The van der Waals surface area contributed by atoms with Gasteiger partial charge in [-0.15, -0.1) is 0 Å². The molecule has 3 rings (SSSR count). The van der Waals surface area contributed by atoms with E-state index in [4.69, 9.17) is 4.74 Å². The first-order valence-corrected chi connectivity index (χ1v) is 14.6. The Morgan fingerprint density at radius 2 is 1.03 bits per heavy atom. The topological polar surface area (TPSA) is 60.4 Å². The van der Waals surface area contributed by atoms with Crippen molar-refractivity contribution in [3.63, 3.8) is 0 Å². The highest BCUT2D eigenvalue weighted by molar-refractivity contribution is 8.01. The molecule has 3 aromatic rings. The van der Waals surface area contributed by atoms with Gasteiger partial charge in [0.2, 0.25) is 18.2 Å². The average molecular weight is 519 g/mol. The zero-order chi connectivity index (χ0) is 27.7. The number of benzene rings is 3. The molecule has 0 aromatic heterocycles. The van der Waals surface area contributed by atoms with Gasteiger partial charge in [0.25, 0.3) is 0 Å². The maximum absolute atomic E-state index is 15.3. The first-order valence-electron chi connectivity index (χ1n) is 12.9. The molecule has 0 heterocycles. The third-order valence-electron chi connectivity index (χ3n) is 6.90. The molecule has 5 heteroatoms. The van der Waals surface area contributed by atoms with Gasteiger partial charge in [0, 0.05) is 16.4 Å². The second kappa shape index (κ2) is 11.2. The fourth-order valence-corrected chi connectivity index (χ4v) is 8.52. The summed E-state index contributed by atoms with van der Waals surface area (Å²) in [7, 11) is -4.30. The summed E-state index contributed by atoms with van der Waals surface area (Å²) in [6.45, 7) is 17.6. The minimum Gasteiger partial charge on any atom is -0.494 e. The number of hydrogen-bond acceptors (Lipinski definition) is 4. The largest absolute Gasteiger partial charge is 0.494 e. The highest BCUT2D eigenvalue weighted by Gasteiger charge is 2.46. The predicted molar refractivity (Wildman–Crippen MR) is 154 cm³/mol. The van der Waals surface area contributed by atoms with E-state index in [1.807, 2.05) is 79.7 Å². The molecule has 0 unspecified atom stereocenters. The molecule has 0 aliphatic heterocycles. The van der Waals surface area contributed by atoms with Crippen LogP contribution in [-0.2, 0) is 4.57 Å². The van der Waals surface area contributed by atoms with Crippen LogP contribution in [0.5, 0.6) is 5.75 Å². The molecule has 37 heavy (non-hydrogen) atoms. The highest BCUT2D eigenvalue weighted by atomic mass is 31.2. The number of carbonyl (C=O) groups is 2. The molecule has 0 atom stereocenters. The molecule has 0 radical (unpaired) electrons. The van der Waals surface area contributed by atoms with E-state index in [-0.39, 0.29) is 0 Å². The van der Waals surface area contributed by atoms with Crippen molar-refractivity contribution in [2.75, 3.05) is 6.61 Å². The normalized spacial score (nSPS) is 11.5. The van der Waals surface area contributed by atoms with Gasteiger partial charge in [-0.05, 0) is 107 Å². The Bertz CT molecular complexity index is 1290. The number of carbonyl (C=O) groups excluding carboxylic acids is 2. The number of hydrogen-bond donors (Lipinski definition) is 0. The minimum absolute atomic E-state index is 0.323. The Balaban J connectivity index is 2.33. The number of rotatable bonds is 9. The Morgan fingerprint density at radius 3 is 1.38 bits per heavy atom. The van der Waals surface area contributed by atoms with Crippen molar-refractivity contribution in [1.82, 2.24) is 0 Å². The molecule has 0 N–H and O–H groups in total. The Labute approximate surface area is 221 Å². The summed E-state index contributed by atoms with van der Waals surface area (Å²) in [5.41, 5.74) is 5.71. The zero-order valence-electron chi connectivity index (χ0n) is 23.7. The average Bonchev–Trinajstić information content (AvgIpc) is 2.77. The van der Waals surface area contributed by atoms with E-state index < -0.39 is 18.2 Å². The van der Waals surface area contributed by atoms with E-state index in [9.17, 15) is 9.59 Å². The van der Waals surface area contributed by atoms with Crippen molar-refractivity contribution in [2.24, 2.45) is 0 Å². The van der Waals surface area contributed by atoms with Gasteiger partial charge in [0.15, 0.2) is 0 Å². The second-order valence-corrected chi connectivity index (χ2v) is 12.9. The molecule has 196 valence electrons. The van der Waals surface area contributed by atoms with Crippen molar-refractivity contribution < 1.29 is 18.9 Å². The minimum atomic E-state index is -4.30. The Hall–Kier alpha value is -2.97. The van der Waals surface area contributed by atoms with Crippen LogP contribution in [0.15, 0.2) is 36.4 Å². The van der Waals surface area contributed by atoms with Crippen molar-refractivity contribution >= 4 is 23.5 Å². The molecule has 0 bridgehead atoms. The van der Waals surface area contributed by atoms with E-state index in [0.717, 1.165) is 46.2 Å². The summed E-state index contributed by atoms with van der Waals surface area (Å²) in [5, 5.41) is 0.323. The summed E-state index contributed by atoms with van der Waals surface area (Å²) in [4.78, 5) is 28.8. The Morgan fingerprint density at radius 1 is 0.649 bits per heavy atom. The smallest absolute Gasteiger partial charge is 0.249 e. The van der Waals surface area contributed by atoms with E-state index >= 15 is 4.57 Å². The lowest BCUT2D eigenvalue weighted by atomic mass is 10.0. The van der Waals surface area contributed by atoms with Crippen molar-refractivity contribution in [2.45, 2.75) is 75.2 Å². The SMILES string of the molecule is CCCCOc1cc(C)c(P(=O)(C(=O)c2c(C)cc(C)cc2C)C(=O)c2c(C)cc(C)cc2C)c(C)c1. The monoisotopic (exact) mass is 518 g/mol. The molecule has 0 fully saturated rings. The van der Waals surface area contributed by atoms with Crippen LogP contribution in [0.4, 0.5) is 0 Å². The van der Waals surface area contributed by atoms with Crippen LogP contribution in [0.25, 0.3) is 0 Å². The Kier molecular flexibility index (Phi) is 8.65. The molecule has 4 nitrogen and oxygen atoms in total. The third-order valence-corrected chi connectivity index (χ3v) is 9.83. The molecule has 3 aromatic carbocycles. The van der Waals surface area contributed by atoms with Gasteiger partial charge < -0.3 is 9.30 Å². The van der Waals surface area contributed by atoms with Crippen LogP contribution < -0.4 is 10.0 Å². The fraction of sp³-hybridized carbons (Fsp3) is 0.375. The first-order chi connectivity index (χ1) is 17.3. The molecule has 0 aliphatic carbocycles. The van der Waals surface area contributed by atoms with Crippen LogP contribution in [-0.4, -0.2) is 17.7 Å². The fourth-order valence-electron chi connectivity index (χ4n) is 5.48. The summed E-state index contributed by atoms with van der Waals surface area (Å²) >= 11 is 0. The molecule has 0 amide bonds. The van der Waals surface area contributed by atoms with Gasteiger partial charge in [-0.25, -0.2) is 0 Å². The predicted octanol–water partition coefficient (Wildman–Crippen LogP) is 8.00. The van der Waals surface area contributed by atoms with Gasteiger partial charge in [0.1, 0.15) is 5.75 Å². The molecule has 0 spiro atoms. The van der Waals surface area contributed by atoms with E-state index in [2.05, 4.69) is 6.92 Å². The van der Waals surface area contributed by atoms with Crippen LogP contribution in [0, 0.1) is 55.4 Å². The van der Waals surface area contributed by atoms with Crippen molar-refractivity contribution in [3.8, 4) is 5.75 Å². The number of aryl methyl sites for hydroxylation is 8. The highest BCUT2D eigenvalue weighted by Crippen LogP contribution is 2.54. The second-order valence-electron chi connectivity index (χ2n) is 10.4. The van der Waals surface area contributed by atoms with E-state index in [0.29, 0.717) is 39.9 Å². The molecular weight excluding hydrogens is 479 g/mol. The van der Waals surface area contributed by atoms with Gasteiger partial charge in [-0.3, -0.25) is 9.59 Å². The summed E-state index contributed by atoms with van der Waals surface area (Å²) in [6, 6.07) is 11.2. The number of unbranched alkanes of at least 4 members (excludes halogenated alkanes) is 1. The molecule has 0 saturated heterocycles. The summed E-state index contributed by atoms with van der Waals surface area (Å²) in [5.74, 6) is 0.657. The standard InChI is InChI=1S/C32H39O4P/c1-10-11-12-36-27-17-25(8)30(26(9)18-27)37(35,31(33)28-21(4)13-19(2)14-22(28)5)32(34)29-23(6)15-20(3)16-24(29)7/h13-18H,10-12H2,1-9H3. The van der Waals surface area contributed by atoms with E-state index in [1.165, 1.54) is 0 Å². The van der Waals surface area contributed by atoms with Crippen LogP contribution >= 0.6 is 7.14 Å². The van der Waals surface area contributed by atoms with Crippen molar-refractivity contribution in [3.05, 3.63) is 92.0 Å². The van der Waals surface area contributed by atoms with Crippen LogP contribution in [0.3, 0.4) is 0 Å². The van der Waals surface area contributed by atoms with Crippen LogP contribution in [0.1, 0.15) is 85.0 Å². The van der Waals surface area contributed by atoms with Gasteiger partial charge in [-0.1, -0.05) is 48.7 Å². The van der Waals surface area contributed by atoms with Gasteiger partial charge in [0.05, 0.1) is 6.61 Å². The molecular formula is C32H39O4P. The van der Waals surface area contributed by atoms with Gasteiger partial charge >= 0.3 is 0 Å². The third kappa shape index (κ3) is 5.50. The lowest BCUT2D eigenvalue weighted by molar-refractivity contribution is 0.104. The van der Waals surface area contributed by atoms with Crippen LogP contribution in [0.2, 0.25) is 0 Å². The lowest BCUT2D eigenvalue weighted by Crippen LogP contribution is -2.26. The van der Waals surface area contributed by atoms with E-state index in [1.54, 1.807) is 12.1 Å². The number of ether oxygens (including phenoxy) is 1. The quantitative estimate of drug-likeness (QED) is 0.213. The first kappa shape index (κ1) is 28.6. The maximum Gasteiger partial charge on any atom is 0.249 e. The van der Waals surface area contributed by atoms with Gasteiger partial charge in [-0.2, -0.15) is 0 Å².